The van der Waals surface area contributed by atoms with Crippen LogP contribution >= 0.6 is 0 Å². The lowest BCUT2D eigenvalue weighted by molar-refractivity contribution is -0.383. The molecule has 0 spiro atoms. The van der Waals surface area contributed by atoms with E-state index in [1.807, 2.05) is 24.3 Å². The third-order valence-corrected chi connectivity index (χ3v) is 4.59. The smallest absolute Gasteiger partial charge is 0.292 e. The Hall–Kier alpha value is -3.13. The van der Waals surface area contributed by atoms with Crippen LogP contribution in [0.4, 0.5) is 11.4 Å². The normalized spacial score (nSPS) is 16.6. The van der Waals surface area contributed by atoms with Crippen LogP contribution in [-0.4, -0.2) is 49.0 Å². The van der Waals surface area contributed by atoms with Crippen LogP contribution in [-0.2, 0) is 4.79 Å². The summed E-state index contributed by atoms with van der Waals surface area (Å²) < 4.78 is 5.44. The van der Waals surface area contributed by atoms with Gasteiger partial charge in [0.25, 0.3) is 5.69 Å². The molecule has 1 fully saturated rings. The van der Waals surface area contributed by atoms with E-state index in [-0.39, 0.29) is 24.2 Å². The molecule has 0 radical (unpaired) electrons. The predicted molar refractivity (Wildman–Crippen MR) is 102 cm³/mol. The minimum absolute atomic E-state index is 0.0174. The molecule has 1 aliphatic rings. The van der Waals surface area contributed by atoms with Gasteiger partial charge in [-0.3, -0.25) is 14.9 Å². The summed E-state index contributed by atoms with van der Waals surface area (Å²) >= 11 is 0. The van der Waals surface area contributed by atoms with Gasteiger partial charge in [0.15, 0.2) is 0 Å². The molecular formula is C19H22N4O4. The number of piperazine rings is 1. The van der Waals surface area contributed by atoms with Gasteiger partial charge in [0.1, 0.15) is 11.4 Å². The number of amides is 1. The summed E-state index contributed by atoms with van der Waals surface area (Å²) in [5.41, 5.74) is 1.22. The van der Waals surface area contributed by atoms with Crippen molar-refractivity contribution in [1.82, 2.24) is 10.2 Å². The number of nitro benzene ring substituents is 1. The molecule has 1 atom stereocenters. The van der Waals surface area contributed by atoms with Crippen molar-refractivity contribution in [3.8, 4) is 5.75 Å². The highest BCUT2D eigenvalue weighted by Crippen LogP contribution is 2.30. The molecule has 1 amide bonds. The Kier molecular flexibility index (Phi) is 5.87. The molecule has 2 aromatic rings. The molecule has 1 heterocycles. The fourth-order valence-electron chi connectivity index (χ4n) is 3.28. The number of hydrogen-bond acceptors (Lipinski definition) is 6. The topological polar surface area (TPSA) is 96.7 Å². The van der Waals surface area contributed by atoms with Gasteiger partial charge >= 0.3 is 0 Å². The third kappa shape index (κ3) is 4.17. The van der Waals surface area contributed by atoms with Crippen LogP contribution in [0.25, 0.3) is 0 Å². The van der Waals surface area contributed by atoms with Crippen LogP contribution in [0.15, 0.2) is 48.5 Å². The number of rotatable bonds is 6. The monoisotopic (exact) mass is 370 g/mol. The Labute approximate surface area is 157 Å². The molecule has 1 aliphatic heterocycles. The number of carbonyl (C=O) groups excluding carboxylic acids is 1. The van der Waals surface area contributed by atoms with Gasteiger partial charge in [-0.05, 0) is 12.1 Å². The standard InChI is InChI=1S/C19H22N4O4/c1-27-18-9-5-2-6-14(18)17-12-20-10-11-22(17)19(24)13-21-15-7-3-4-8-16(15)23(25)26/h2-9,17,20-21H,10-13H2,1H3. The van der Waals surface area contributed by atoms with Crippen molar-refractivity contribution in [3.05, 3.63) is 64.2 Å². The lowest BCUT2D eigenvalue weighted by Gasteiger charge is -2.37. The maximum atomic E-state index is 12.9. The lowest BCUT2D eigenvalue weighted by Crippen LogP contribution is -2.50. The first-order valence-corrected chi connectivity index (χ1v) is 8.72. The second kappa shape index (κ2) is 8.50. The molecule has 27 heavy (non-hydrogen) atoms. The summed E-state index contributed by atoms with van der Waals surface area (Å²) in [6.07, 6.45) is 0. The van der Waals surface area contributed by atoms with E-state index in [0.29, 0.717) is 25.3 Å². The number of methoxy groups -OCH3 is 1. The molecule has 142 valence electrons. The summed E-state index contributed by atoms with van der Waals surface area (Å²) in [5, 5.41) is 17.3. The van der Waals surface area contributed by atoms with E-state index >= 15 is 0 Å². The minimum atomic E-state index is -0.463. The summed E-state index contributed by atoms with van der Waals surface area (Å²) in [6.45, 7) is 1.86. The number of hydrogen-bond donors (Lipinski definition) is 2. The zero-order valence-corrected chi connectivity index (χ0v) is 15.1. The van der Waals surface area contributed by atoms with Crippen LogP contribution in [0.3, 0.4) is 0 Å². The molecule has 3 rings (SSSR count). The van der Waals surface area contributed by atoms with E-state index in [2.05, 4.69) is 10.6 Å². The van der Waals surface area contributed by atoms with Crippen molar-refractivity contribution in [1.29, 1.82) is 0 Å². The number of nitro groups is 1. The molecule has 1 saturated heterocycles. The van der Waals surface area contributed by atoms with E-state index in [4.69, 9.17) is 4.74 Å². The quantitative estimate of drug-likeness (QED) is 0.598. The summed E-state index contributed by atoms with van der Waals surface area (Å²) in [6, 6.07) is 13.8. The molecule has 2 N–H and O–H groups in total. The fraction of sp³-hybridized carbons (Fsp3) is 0.316. The zero-order chi connectivity index (χ0) is 19.2. The van der Waals surface area contributed by atoms with Crippen LogP contribution in [0.1, 0.15) is 11.6 Å². The van der Waals surface area contributed by atoms with E-state index in [1.165, 1.54) is 6.07 Å². The number of nitrogens with zero attached hydrogens (tertiary/aromatic N) is 2. The van der Waals surface area contributed by atoms with Gasteiger partial charge in [-0.2, -0.15) is 0 Å². The highest BCUT2D eigenvalue weighted by atomic mass is 16.6. The third-order valence-electron chi connectivity index (χ3n) is 4.59. The number of benzene rings is 2. The minimum Gasteiger partial charge on any atom is -0.496 e. The first-order valence-electron chi connectivity index (χ1n) is 8.72. The first-order chi connectivity index (χ1) is 13.1. The lowest BCUT2D eigenvalue weighted by atomic mass is 10.0. The van der Waals surface area contributed by atoms with E-state index in [1.54, 1.807) is 30.2 Å². The second-order valence-corrected chi connectivity index (χ2v) is 6.18. The van der Waals surface area contributed by atoms with E-state index in [9.17, 15) is 14.9 Å². The van der Waals surface area contributed by atoms with Crippen molar-refractivity contribution in [3.63, 3.8) is 0 Å². The number of anilines is 1. The fourth-order valence-corrected chi connectivity index (χ4v) is 3.28. The predicted octanol–water partition coefficient (Wildman–Crippen LogP) is 2.19. The van der Waals surface area contributed by atoms with Gasteiger partial charge in [-0.1, -0.05) is 30.3 Å². The van der Waals surface area contributed by atoms with Crippen molar-refractivity contribution in [2.75, 3.05) is 38.6 Å². The van der Waals surface area contributed by atoms with Crippen molar-refractivity contribution < 1.29 is 14.5 Å². The van der Waals surface area contributed by atoms with Gasteiger partial charge < -0.3 is 20.3 Å². The number of para-hydroxylation sites is 3. The number of carbonyl (C=O) groups is 1. The summed E-state index contributed by atoms with van der Waals surface area (Å²) in [4.78, 5) is 25.3. The van der Waals surface area contributed by atoms with Gasteiger partial charge in [-0.25, -0.2) is 0 Å². The van der Waals surface area contributed by atoms with Crippen molar-refractivity contribution in [2.24, 2.45) is 0 Å². The second-order valence-electron chi connectivity index (χ2n) is 6.18. The van der Waals surface area contributed by atoms with E-state index < -0.39 is 4.92 Å². The van der Waals surface area contributed by atoms with Crippen LogP contribution in [0.5, 0.6) is 5.75 Å². The molecule has 8 heteroatoms. The van der Waals surface area contributed by atoms with Gasteiger partial charge in [-0.15, -0.1) is 0 Å². The van der Waals surface area contributed by atoms with Gasteiger partial charge in [0, 0.05) is 31.3 Å². The Balaban J connectivity index is 1.75. The molecule has 8 nitrogen and oxygen atoms in total. The Bertz CT molecular complexity index is 827. The molecule has 2 aromatic carbocycles. The maximum Gasteiger partial charge on any atom is 0.292 e. The maximum absolute atomic E-state index is 12.9. The average Bonchev–Trinajstić information content (AvgIpc) is 2.72. The molecular weight excluding hydrogens is 348 g/mol. The number of nitrogens with one attached hydrogen (secondary N) is 2. The molecule has 0 aromatic heterocycles. The van der Waals surface area contributed by atoms with Crippen LogP contribution in [0, 0.1) is 10.1 Å². The highest BCUT2D eigenvalue weighted by Gasteiger charge is 2.29. The van der Waals surface area contributed by atoms with Crippen molar-refractivity contribution >= 4 is 17.3 Å². The average molecular weight is 370 g/mol. The largest absolute Gasteiger partial charge is 0.496 e. The SMILES string of the molecule is COc1ccccc1C1CNCCN1C(=O)CNc1ccccc1[N+](=O)[O-]. The van der Waals surface area contributed by atoms with Crippen LogP contribution in [0.2, 0.25) is 0 Å². The number of ether oxygens (including phenoxy) is 1. The van der Waals surface area contributed by atoms with Crippen LogP contribution < -0.4 is 15.4 Å². The zero-order valence-electron chi connectivity index (χ0n) is 15.1. The van der Waals surface area contributed by atoms with Gasteiger partial charge in [0.05, 0.1) is 24.6 Å². The first kappa shape index (κ1) is 18.7. The molecule has 0 bridgehead atoms. The van der Waals surface area contributed by atoms with Gasteiger partial charge in [0.2, 0.25) is 5.91 Å². The molecule has 0 aliphatic carbocycles. The van der Waals surface area contributed by atoms with E-state index in [0.717, 1.165) is 11.3 Å². The Morgan fingerprint density at radius 2 is 2.04 bits per heavy atom. The van der Waals surface area contributed by atoms with Crippen molar-refractivity contribution in [2.45, 2.75) is 6.04 Å². The molecule has 1 unspecified atom stereocenters. The Morgan fingerprint density at radius 3 is 2.81 bits per heavy atom. The summed E-state index contributed by atoms with van der Waals surface area (Å²) in [5.74, 6) is 0.612. The summed E-state index contributed by atoms with van der Waals surface area (Å²) in [7, 11) is 1.61. The highest BCUT2D eigenvalue weighted by molar-refractivity contribution is 5.82. The molecule has 0 saturated carbocycles. The Morgan fingerprint density at radius 1 is 1.30 bits per heavy atom.